The van der Waals surface area contributed by atoms with E-state index < -0.39 is 0 Å². The third-order valence-electron chi connectivity index (χ3n) is 3.37. The normalized spacial score (nSPS) is 10.9. The van der Waals surface area contributed by atoms with Crippen molar-refractivity contribution in [2.24, 2.45) is 5.73 Å². The monoisotopic (exact) mass is 267 g/mol. The van der Waals surface area contributed by atoms with E-state index >= 15 is 0 Å². The Hall–Kier alpha value is -2.26. The number of benzene rings is 2. The predicted octanol–water partition coefficient (Wildman–Crippen LogP) is 3.78. The van der Waals surface area contributed by atoms with E-state index in [-0.39, 0.29) is 0 Å². The average molecular weight is 267 g/mol. The first-order valence-corrected chi connectivity index (χ1v) is 6.65. The van der Waals surface area contributed by atoms with Gasteiger partial charge in [0.25, 0.3) is 0 Å². The highest BCUT2D eigenvalue weighted by Crippen LogP contribution is 2.25. The third kappa shape index (κ3) is 2.40. The quantitative estimate of drug-likeness (QED) is 0.782. The van der Waals surface area contributed by atoms with Crippen molar-refractivity contribution < 1.29 is 9.15 Å². The number of rotatable bonds is 4. The zero-order chi connectivity index (χ0) is 13.9. The summed E-state index contributed by atoms with van der Waals surface area (Å²) < 4.78 is 11.4. The molecule has 102 valence electrons. The standard InChI is InChI=1S/C17H17NO2/c1-12-4-2-6-15(8-12)19-10-14-11-20-17-13(9-18)5-3-7-16(14)17/h2-8,11H,9-10,18H2,1H3. The van der Waals surface area contributed by atoms with Crippen molar-refractivity contribution in [2.75, 3.05) is 0 Å². The maximum absolute atomic E-state index is 5.82. The number of fused-ring (bicyclic) bond motifs is 1. The lowest BCUT2D eigenvalue weighted by Crippen LogP contribution is -1.97. The molecule has 0 unspecified atom stereocenters. The van der Waals surface area contributed by atoms with Gasteiger partial charge in [0.1, 0.15) is 17.9 Å². The van der Waals surface area contributed by atoms with E-state index in [9.17, 15) is 0 Å². The SMILES string of the molecule is Cc1cccc(OCc2coc3c(CN)cccc23)c1. The summed E-state index contributed by atoms with van der Waals surface area (Å²) in [6.45, 7) is 3.02. The van der Waals surface area contributed by atoms with Crippen molar-refractivity contribution in [3.05, 3.63) is 65.4 Å². The lowest BCUT2D eigenvalue weighted by molar-refractivity contribution is 0.306. The zero-order valence-corrected chi connectivity index (χ0v) is 11.4. The van der Waals surface area contributed by atoms with Gasteiger partial charge in [-0.15, -0.1) is 0 Å². The second-order valence-electron chi connectivity index (χ2n) is 4.86. The van der Waals surface area contributed by atoms with Crippen LogP contribution in [0.2, 0.25) is 0 Å². The van der Waals surface area contributed by atoms with Crippen molar-refractivity contribution in [1.82, 2.24) is 0 Å². The molecule has 3 rings (SSSR count). The zero-order valence-electron chi connectivity index (χ0n) is 11.4. The molecule has 0 radical (unpaired) electrons. The lowest BCUT2D eigenvalue weighted by Gasteiger charge is -2.05. The minimum absolute atomic E-state index is 0.475. The fourth-order valence-electron chi connectivity index (χ4n) is 2.31. The van der Waals surface area contributed by atoms with Crippen LogP contribution in [0, 0.1) is 6.92 Å². The molecule has 0 saturated carbocycles. The van der Waals surface area contributed by atoms with Gasteiger partial charge in [0.2, 0.25) is 0 Å². The Morgan fingerprint density at radius 1 is 1.10 bits per heavy atom. The van der Waals surface area contributed by atoms with Gasteiger partial charge in [-0.2, -0.15) is 0 Å². The molecule has 0 aliphatic heterocycles. The number of nitrogens with two attached hydrogens (primary N) is 1. The van der Waals surface area contributed by atoms with E-state index in [4.69, 9.17) is 14.9 Å². The van der Waals surface area contributed by atoms with E-state index in [0.29, 0.717) is 13.2 Å². The summed E-state index contributed by atoms with van der Waals surface area (Å²) in [5.41, 5.74) is 9.82. The van der Waals surface area contributed by atoms with Gasteiger partial charge in [0, 0.05) is 23.1 Å². The van der Waals surface area contributed by atoms with Crippen LogP contribution in [0.1, 0.15) is 16.7 Å². The summed E-state index contributed by atoms with van der Waals surface area (Å²) >= 11 is 0. The number of furan rings is 1. The van der Waals surface area contributed by atoms with Gasteiger partial charge < -0.3 is 14.9 Å². The molecule has 0 amide bonds. The highest BCUT2D eigenvalue weighted by atomic mass is 16.5. The first kappa shape index (κ1) is 12.8. The summed E-state index contributed by atoms with van der Waals surface area (Å²) in [6.07, 6.45) is 1.75. The van der Waals surface area contributed by atoms with Crippen molar-refractivity contribution in [3.8, 4) is 5.75 Å². The minimum atomic E-state index is 0.475. The first-order chi connectivity index (χ1) is 9.78. The Kier molecular flexibility index (Phi) is 3.44. The van der Waals surface area contributed by atoms with Crippen LogP contribution < -0.4 is 10.5 Å². The van der Waals surface area contributed by atoms with Gasteiger partial charge in [0.15, 0.2) is 0 Å². The highest BCUT2D eigenvalue weighted by Gasteiger charge is 2.09. The fourth-order valence-corrected chi connectivity index (χ4v) is 2.31. The van der Waals surface area contributed by atoms with Gasteiger partial charge >= 0.3 is 0 Å². The second kappa shape index (κ2) is 5.39. The van der Waals surface area contributed by atoms with Crippen molar-refractivity contribution in [2.45, 2.75) is 20.1 Å². The van der Waals surface area contributed by atoms with Gasteiger partial charge in [-0.25, -0.2) is 0 Å². The molecule has 2 N–H and O–H groups in total. The van der Waals surface area contributed by atoms with Crippen LogP contribution in [-0.4, -0.2) is 0 Å². The maximum Gasteiger partial charge on any atom is 0.138 e. The number of hydrogen-bond donors (Lipinski definition) is 1. The number of hydrogen-bond acceptors (Lipinski definition) is 3. The van der Waals surface area contributed by atoms with E-state index in [1.807, 2.05) is 49.4 Å². The molecule has 0 aliphatic carbocycles. The van der Waals surface area contributed by atoms with Crippen LogP contribution in [0.3, 0.4) is 0 Å². The summed E-state index contributed by atoms with van der Waals surface area (Å²) in [7, 11) is 0. The van der Waals surface area contributed by atoms with E-state index in [1.165, 1.54) is 5.56 Å². The van der Waals surface area contributed by atoms with Crippen LogP contribution in [0.4, 0.5) is 0 Å². The van der Waals surface area contributed by atoms with Crippen molar-refractivity contribution >= 4 is 11.0 Å². The summed E-state index contributed by atoms with van der Waals surface area (Å²) in [6, 6.07) is 14.0. The Balaban J connectivity index is 1.85. The van der Waals surface area contributed by atoms with Crippen LogP contribution in [-0.2, 0) is 13.2 Å². The Labute approximate surface area is 118 Å². The second-order valence-corrected chi connectivity index (χ2v) is 4.86. The smallest absolute Gasteiger partial charge is 0.138 e. The van der Waals surface area contributed by atoms with Gasteiger partial charge in [-0.3, -0.25) is 0 Å². The molecule has 3 heteroatoms. The number of para-hydroxylation sites is 1. The van der Waals surface area contributed by atoms with E-state index in [1.54, 1.807) is 6.26 Å². The number of ether oxygens (including phenoxy) is 1. The molecule has 20 heavy (non-hydrogen) atoms. The van der Waals surface area contributed by atoms with Gasteiger partial charge in [0.05, 0.1) is 6.26 Å². The largest absolute Gasteiger partial charge is 0.489 e. The van der Waals surface area contributed by atoms with Crippen LogP contribution >= 0.6 is 0 Å². The molecule has 0 bridgehead atoms. The molecule has 0 aliphatic rings. The first-order valence-electron chi connectivity index (χ1n) is 6.65. The lowest BCUT2D eigenvalue weighted by atomic mass is 10.1. The van der Waals surface area contributed by atoms with E-state index in [2.05, 4.69) is 0 Å². The average Bonchev–Trinajstić information content (AvgIpc) is 2.88. The Morgan fingerprint density at radius 3 is 2.75 bits per heavy atom. The van der Waals surface area contributed by atoms with Crippen molar-refractivity contribution in [3.63, 3.8) is 0 Å². The molecule has 3 nitrogen and oxygen atoms in total. The Morgan fingerprint density at radius 2 is 1.95 bits per heavy atom. The summed E-state index contributed by atoms with van der Waals surface area (Å²) in [5, 5.41) is 1.07. The van der Waals surface area contributed by atoms with Crippen LogP contribution in [0.5, 0.6) is 5.75 Å². The fraction of sp³-hybridized carbons (Fsp3) is 0.176. The van der Waals surface area contributed by atoms with Crippen LogP contribution in [0.25, 0.3) is 11.0 Å². The molecule has 0 atom stereocenters. The molecule has 1 aromatic heterocycles. The molecule has 2 aromatic carbocycles. The third-order valence-corrected chi connectivity index (χ3v) is 3.37. The van der Waals surface area contributed by atoms with E-state index in [0.717, 1.165) is 27.8 Å². The van der Waals surface area contributed by atoms with Crippen LogP contribution in [0.15, 0.2) is 53.1 Å². The molecule has 0 spiro atoms. The minimum Gasteiger partial charge on any atom is -0.489 e. The number of aryl methyl sites for hydroxylation is 1. The molecular formula is C17H17NO2. The summed E-state index contributed by atoms with van der Waals surface area (Å²) in [5.74, 6) is 0.870. The Bertz CT molecular complexity index is 731. The highest BCUT2D eigenvalue weighted by molar-refractivity contribution is 5.83. The summed E-state index contributed by atoms with van der Waals surface area (Å²) in [4.78, 5) is 0. The molecule has 0 fully saturated rings. The predicted molar refractivity (Wildman–Crippen MR) is 79.6 cm³/mol. The molecule has 3 aromatic rings. The van der Waals surface area contributed by atoms with Gasteiger partial charge in [-0.1, -0.05) is 30.3 Å². The maximum atomic E-state index is 5.82. The van der Waals surface area contributed by atoms with Gasteiger partial charge in [-0.05, 0) is 24.6 Å². The molecular weight excluding hydrogens is 250 g/mol. The molecule has 0 saturated heterocycles. The van der Waals surface area contributed by atoms with Crippen molar-refractivity contribution in [1.29, 1.82) is 0 Å². The molecule has 1 heterocycles. The topological polar surface area (TPSA) is 48.4 Å².